The van der Waals surface area contributed by atoms with Gasteiger partial charge in [0.1, 0.15) is 5.82 Å². The maximum Gasteiger partial charge on any atom is 0.123 e. The lowest BCUT2D eigenvalue weighted by atomic mass is 9.66. The third-order valence-corrected chi connectivity index (χ3v) is 5.14. The minimum absolute atomic E-state index is 0.241. The highest BCUT2D eigenvalue weighted by Gasteiger charge is 2.40. The summed E-state index contributed by atoms with van der Waals surface area (Å²) in [6.07, 6.45) is 3.86. The summed E-state index contributed by atoms with van der Waals surface area (Å²) in [6, 6.07) is 6.48. The molecule has 0 aromatic heterocycles. The first-order valence-corrected chi connectivity index (χ1v) is 7.45. The van der Waals surface area contributed by atoms with Gasteiger partial charge in [-0.05, 0) is 54.7 Å². The van der Waals surface area contributed by atoms with Crippen LogP contribution in [0.15, 0.2) is 24.3 Å². The molecule has 4 unspecified atom stereocenters. The van der Waals surface area contributed by atoms with Crippen molar-refractivity contribution < 1.29 is 9.50 Å². The molecule has 0 aliphatic heterocycles. The molecule has 0 radical (unpaired) electrons. The molecule has 0 heterocycles. The van der Waals surface area contributed by atoms with E-state index in [0.717, 1.165) is 30.7 Å². The highest BCUT2D eigenvalue weighted by molar-refractivity contribution is 5.24. The van der Waals surface area contributed by atoms with Gasteiger partial charge in [-0.2, -0.15) is 0 Å². The first kappa shape index (κ1) is 14.5. The number of halogens is 1. The Kier molecular flexibility index (Phi) is 4.29. The van der Waals surface area contributed by atoms with Crippen LogP contribution >= 0.6 is 0 Å². The second-order valence-corrected chi connectivity index (χ2v) is 6.25. The van der Waals surface area contributed by atoms with E-state index in [-0.39, 0.29) is 11.7 Å². The minimum Gasteiger partial charge on any atom is -0.385 e. The third kappa shape index (κ3) is 2.84. The number of rotatable bonds is 3. The van der Waals surface area contributed by atoms with Gasteiger partial charge in [0.2, 0.25) is 0 Å². The van der Waals surface area contributed by atoms with Crippen LogP contribution in [0.1, 0.15) is 52.0 Å². The number of benzene rings is 1. The summed E-state index contributed by atoms with van der Waals surface area (Å²) in [4.78, 5) is 0. The molecule has 4 atom stereocenters. The molecule has 0 spiro atoms. The molecule has 1 aliphatic rings. The van der Waals surface area contributed by atoms with Crippen molar-refractivity contribution >= 4 is 0 Å². The van der Waals surface area contributed by atoms with Crippen molar-refractivity contribution in [2.45, 2.75) is 52.1 Å². The summed E-state index contributed by atoms with van der Waals surface area (Å²) in [7, 11) is 0. The van der Waals surface area contributed by atoms with Crippen LogP contribution in [-0.4, -0.2) is 5.11 Å². The summed E-state index contributed by atoms with van der Waals surface area (Å²) in [6.45, 7) is 6.54. The van der Waals surface area contributed by atoms with Crippen molar-refractivity contribution in [3.05, 3.63) is 35.6 Å². The SMILES string of the molecule is CCC(O)(c1cccc(F)c1)C1CCC(C)C(C)C1. The molecule has 2 heteroatoms. The summed E-state index contributed by atoms with van der Waals surface area (Å²) < 4.78 is 13.4. The largest absolute Gasteiger partial charge is 0.385 e. The van der Waals surface area contributed by atoms with Crippen LogP contribution in [0.3, 0.4) is 0 Å². The molecule has 1 N–H and O–H groups in total. The average molecular weight is 264 g/mol. The van der Waals surface area contributed by atoms with Crippen molar-refractivity contribution in [2.24, 2.45) is 17.8 Å². The Morgan fingerprint density at radius 3 is 2.58 bits per heavy atom. The van der Waals surface area contributed by atoms with Crippen LogP contribution in [-0.2, 0) is 5.60 Å². The van der Waals surface area contributed by atoms with Crippen LogP contribution in [0.25, 0.3) is 0 Å². The lowest BCUT2D eigenvalue weighted by molar-refractivity contribution is -0.0560. The van der Waals surface area contributed by atoms with Gasteiger partial charge in [-0.1, -0.05) is 39.3 Å². The zero-order valence-electron chi connectivity index (χ0n) is 12.2. The van der Waals surface area contributed by atoms with Crippen LogP contribution in [0.4, 0.5) is 4.39 Å². The van der Waals surface area contributed by atoms with E-state index < -0.39 is 5.60 Å². The molecule has 1 aliphatic carbocycles. The second kappa shape index (κ2) is 5.62. The molecule has 0 amide bonds. The second-order valence-electron chi connectivity index (χ2n) is 6.25. The van der Waals surface area contributed by atoms with Crippen LogP contribution in [0, 0.1) is 23.6 Å². The van der Waals surface area contributed by atoms with Gasteiger partial charge in [0.25, 0.3) is 0 Å². The monoisotopic (exact) mass is 264 g/mol. The average Bonchev–Trinajstić information content (AvgIpc) is 2.41. The summed E-state index contributed by atoms with van der Waals surface area (Å²) in [5, 5.41) is 11.1. The number of aliphatic hydroxyl groups is 1. The van der Waals surface area contributed by atoms with E-state index in [1.54, 1.807) is 6.07 Å². The smallest absolute Gasteiger partial charge is 0.123 e. The first-order chi connectivity index (χ1) is 8.97. The van der Waals surface area contributed by atoms with Crippen LogP contribution in [0.2, 0.25) is 0 Å². The maximum atomic E-state index is 13.4. The van der Waals surface area contributed by atoms with E-state index in [1.807, 2.05) is 13.0 Å². The van der Waals surface area contributed by atoms with Gasteiger partial charge in [0.15, 0.2) is 0 Å². The predicted molar refractivity (Wildman–Crippen MR) is 76.3 cm³/mol. The van der Waals surface area contributed by atoms with E-state index in [9.17, 15) is 9.50 Å². The molecule has 1 nitrogen and oxygen atoms in total. The molecule has 1 saturated carbocycles. The summed E-state index contributed by atoms with van der Waals surface area (Å²) in [5.41, 5.74) is -0.141. The molecule has 1 aromatic rings. The number of hydrogen-bond donors (Lipinski definition) is 1. The first-order valence-electron chi connectivity index (χ1n) is 7.45. The Morgan fingerprint density at radius 2 is 2.00 bits per heavy atom. The summed E-state index contributed by atoms with van der Waals surface area (Å²) >= 11 is 0. The van der Waals surface area contributed by atoms with E-state index in [2.05, 4.69) is 13.8 Å². The van der Waals surface area contributed by atoms with Crippen molar-refractivity contribution in [1.82, 2.24) is 0 Å². The van der Waals surface area contributed by atoms with Gasteiger partial charge in [-0.3, -0.25) is 0 Å². The molecule has 0 bridgehead atoms. The van der Waals surface area contributed by atoms with Gasteiger partial charge in [-0.25, -0.2) is 4.39 Å². The lowest BCUT2D eigenvalue weighted by Crippen LogP contribution is -2.39. The van der Waals surface area contributed by atoms with E-state index in [1.165, 1.54) is 12.1 Å². The Balaban J connectivity index is 2.27. The fraction of sp³-hybridized carbons (Fsp3) is 0.647. The Bertz CT molecular complexity index is 431. The molecular formula is C17H25FO. The highest BCUT2D eigenvalue weighted by atomic mass is 19.1. The fourth-order valence-corrected chi connectivity index (χ4v) is 3.47. The van der Waals surface area contributed by atoms with Gasteiger partial charge < -0.3 is 5.11 Å². The highest BCUT2D eigenvalue weighted by Crippen LogP contribution is 2.45. The van der Waals surface area contributed by atoms with Crippen molar-refractivity contribution in [3.63, 3.8) is 0 Å². The van der Waals surface area contributed by atoms with Crippen molar-refractivity contribution in [3.8, 4) is 0 Å². The molecule has 19 heavy (non-hydrogen) atoms. The van der Waals surface area contributed by atoms with Crippen LogP contribution < -0.4 is 0 Å². The normalized spacial score (nSPS) is 30.9. The van der Waals surface area contributed by atoms with E-state index in [4.69, 9.17) is 0 Å². The van der Waals surface area contributed by atoms with Crippen LogP contribution in [0.5, 0.6) is 0 Å². The Labute approximate surface area is 115 Å². The Hall–Kier alpha value is -0.890. The van der Waals surface area contributed by atoms with Gasteiger partial charge in [0, 0.05) is 0 Å². The number of hydrogen-bond acceptors (Lipinski definition) is 1. The van der Waals surface area contributed by atoms with Crippen molar-refractivity contribution in [1.29, 1.82) is 0 Å². The third-order valence-electron chi connectivity index (χ3n) is 5.14. The fourth-order valence-electron chi connectivity index (χ4n) is 3.47. The minimum atomic E-state index is -0.878. The zero-order valence-corrected chi connectivity index (χ0v) is 12.2. The maximum absolute atomic E-state index is 13.4. The molecule has 1 fully saturated rings. The zero-order chi connectivity index (χ0) is 14.0. The van der Waals surface area contributed by atoms with E-state index in [0.29, 0.717) is 12.3 Å². The predicted octanol–water partition coefficient (Wildman–Crippen LogP) is 4.50. The van der Waals surface area contributed by atoms with E-state index >= 15 is 0 Å². The lowest BCUT2D eigenvalue weighted by Gasteiger charge is -2.42. The Morgan fingerprint density at radius 1 is 1.26 bits per heavy atom. The van der Waals surface area contributed by atoms with Gasteiger partial charge in [0.05, 0.1) is 5.60 Å². The van der Waals surface area contributed by atoms with Gasteiger partial charge >= 0.3 is 0 Å². The molecule has 0 saturated heterocycles. The quantitative estimate of drug-likeness (QED) is 0.852. The molecule has 1 aromatic carbocycles. The van der Waals surface area contributed by atoms with Gasteiger partial charge in [-0.15, -0.1) is 0 Å². The topological polar surface area (TPSA) is 20.2 Å². The molecule has 106 valence electrons. The standard InChI is InChI=1S/C17H25FO/c1-4-17(19,14-6-5-7-16(18)11-14)15-9-8-12(2)13(3)10-15/h5-7,11-13,15,19H,4,8-10H2,1-3H3. The summed E-state index contributed by atoms with van der Waals surface area (Å²) in [5.74, 6) is 1.34. The molecular weight excluding hydrogens is 239 g/mol. The molecule has 2 rings (SSSR count). The van der Waals surface area contributed by atoms with Crippen molar-refractivity contribution in [2.75, 3.05) is 0 Å².